The molecule has 1 aliphatic rings. The van der Waals surface area contributed by atoms with Crippen LogP contribution in [0.25, 0.3) is 10.4 Å². The zero-order valence-corrected chi connectivity index (χ0v) is 17.9. The number of H-pyrrole nitrogens is 1. The number of azide groups is 1. The topological polar surface area (TPSA) is 169 Å². The molecule has 12 heteroatoms. The Balaban J connectivity index is 2.55. The Morgan fingerprint density at radius 2 is 2.03 bits per heavy atom. The molecule has 31 heavy (non-hydrogen) atoms. The normalized spacial score (nSPS) is 25.3. The first-order chi connectivity index (χ1) is 14.8. The van der Waals surface area contributed by atoms with Gasteiger partial charge in [0.1, 0.15) is 12.1 Å². The van der Waals surface area contributed by atoms with Gasteiger partial charge in [-0.2, -0.15) is 0 Å². The Kier molecular flexibility index (Phi) is 8.81. The first-order valence-electron chi connectivity index (χ1n) is 10.3. The van der Waals surface area contributed by atoms with Gasteiger partial charge in [0.25, 0.3) is 5.56 Å². The molecule has 1 saturated heterocycles. The van der Waals surface area contributed by atoms with E-state index in [2.05, 4.69) is 15.0 Å². The Morgan fingerprint density at radius 3 is 2.65 bits per heavy atom. The van der Waals surface area contributed by atoms with Crippen molar-refractivity contribution in [2.45, 2.75) is 70.4 Å². The third-order valence-electron chi connectivity index (χ3n) is 5.11. The smallest absolute Gasteiger partial charge is 0.341 e. The van der Waals surface area contributed by atoms with Crippen LogP contribution < -0.4 is 11.2 Å². The lowest BCUT2D eigenvalue weighted by molar-refractivity contribution is -0.192. The van der Waals surface area contributed by atoms with E-state index >= 15 is 0 Å². The van der Waals surface area contributed by atoms with Gasteiger partial charge in [0, 0.05) is 29.9 Å². The Bertz CT molecular complexity index is 923. The summed E-state index contributed by atoms with van der Waals surface area (Å²) in [6.07, 6.45) is 1.75. The molecule has 0 saturated carbocycles. The summed E-state index contributed by atoms with van der Waals surface area (Å²) < 4.78 is 18.3. The second-order valence-corrected chi connectivity index (χ2v) is 7.43. The highest BCUT2D eigenvalue weighted by atomic mass is 16.6. The molecule has 1 aromatic heterocycles. The molecule has 172 valence electrons. The van der Waals surface area contributed by atoms with Gasteiger partial charge in [0.2, 0.25) is 5.60 Å². The number of aliphatic carboxylic acids is 1. The van der Waals surface area contributed by atoms with E-state index in [0.29, 0.717) is 13.0 Å². The van der Waals surface area contributed by atoms with E-state index in [1.807, 2.05) is 13.8 Å². The predicted octanol–water partition coefficient (Wildman–Crippen LogP) is 1.88. The van der Waals surface area contributed by atoms with E-state index in [0.717, 1.165) is 23.8 Å². The number of aromatic nitrogens is 2. The fourth-order valence-electron chi connectivity index (χ4n) is 3.36. The zero-order chi connectivity index (χ0) is 23.0. The Morgan fingerprint density at radius 1 is 1.35 bits per heavy atom. The summed E-state index contributed by atoms with van der Waals surface area (Å²) in [5.41, 5.74) is 5.93. The number of rotatable bonds is 12. The summed E-state index contributed by atoms with van der Waals surface area (Å²) in [6, 6.07) is -1.18. The molecule has 12 nitrogen and oxygen atoms in total. The number of aromatic amines is 1. The summed E-state index contributed by atoms with van der Waals surface area (Å²) in [5, 5.41) is 13.8. The SMILES string of the molecule is CCCCOC[C@@]1(C(=O)O)O[C@@H](n2cc(C)c(=O)[nH]c2=O)[C@@H](N=[N+]=[N-])C1OCCCC. The molecular formula is C19H29N5O7. The lowest BCUT2D eigenvalue weighted by atomic mass is 9.94. The van der Waals surface area contributed by atoms with Crippen LogP contribution in [0.3, 0.4) is 0 Å². The van der Waals surface area contributed by atoms with E-state index in [1.54, 1.807) is 0 Å². The van der Waals surface area contributed by atoms with Crippen LogP contribution in [0.15, 0.2) is 20.9 Å². The van der Waals surface area contributed by atoms with Gasteiger partial charge in [-0.1, -0.05) is 31.8 Å². The molecule has 0 aliphatic carbocycles. The Hall–Kier alpha value is -2.66. The van der Waals surface area contributed by atoms with Crippen molar-refractivity contribution >= 4 is 5.97 Å². The maximum Gasteiger partial charge on any atom is 0.341 e. The first kappa shape index (κ1) is 24.6. The fourth-order valence-corrected chi connectivity index (χ4v) is 3.36. The molecule has 0 bridgehead atoms. The van der Waals surface area contributed by atoms with Crippen molar-refractivity contribution in [2.24, 2.45) is 5.11 Å². The highest BCUT2D eigenvalue weighted by molar-refractivity contribution is 5.79. The number of carboxylic acid groups (broad SMARTS) is 1. The second kappa shape index (κ2) is 11.1. The first-order valence-corrected chi connectivity index (χ1v) is 10.3. The van der Waals surface area contributed by atoms with Crippen molar-refractivity contribution in [1.82, 2.24) is 9.55 Å². The van der Waals surface area contributed by atoms with Gasteiger partial charge < -0.3 is 19.3 Å². The maximum absolute atomic E-state index is 12.4. The lowest BCUT2D eigenvalue weighted by Crippen LogP contribution is -2.54. The van der Waals surface area contributed by atoms with E-state index in [4.69, 9.17) is 19.7 Å². The van der Waals surface area contributed by atoms with Crippen molar-refractivity contribution in [1.29, 1.82) is 0 Å². The minimum absolute atomic E-state index is 0.207. The van der Waals surface area contributed by atoms with Gasteiger partial charge in [-0.3, -0.25) is 14.3 Å². The third kappa shape index (κ3) is 5.34. The number of nitrogens with zero attached hydrogens (tertiary/aromatic N) is 4. The van der Waals surface area contributed by atoms with Crippen molar-refractivity contribution in [3.8, 4) is 0 Å². The minimum atomic E-state index is -2.01. The molecule has 2 heterocycles. The fraction of sp³-hybridized carbons (Fsp3) is 0.737. The van der Waals surface area contributed by atoms with Crippen LogP contribution in [0.5, 0.6) is 0 Å². The molecule has 0 amide bonds. The minimum Gasteiger partial charge on any atom is -0.479 e. The van der Waals surface area contributed by atoms with Crippen molar-refractivity contribution in [3.05, 3.63) is 43.0 Å². The number of aryl methyl sites for hydroxylation is 1. The molecule has 1 fully saturated rings. The van der Waals surface area contributed by atoms with Gasteiger partial charge in [0.05, 0.1) is 6.61 Å². The average Bonchev–Trinajstić information content (AvgIpc) is 3.03. The van der Waals surface area contributed by atoms with Crippen LogP contribution in [0.2, 0.25) is 0 Å². The summed E-state index contributed by atoms with van der Waals surface area (Å²) in [7, 11) is 0. The molecule has 4 atom stereocenters. The van der Waals surface area contributed by atoms with Gasteiger partial charge in [0.15, 0.2) is 6.23 Å². The summed E-state index contributed by atoms with van der Waals surface area (Å²) in [5.74, 6) is -1.36. The van der Waals surface area contributed by atoms with E-state index < -0.39 is 41.2 Å². The maximum atomic E-state index is 12.4. The highest BCUT2D eigenvalue weighted by Gasteiger charge is 2.61. The van der Waals surface area contributed by atoms with Crippen LogP contribution in [0.1, 0.15) is 51.3 Å². The number of ether oxygens (including phenoxy) is 3. The van der Waals surface area contributed by atoms with Gasteiger partial charge in [-0.05, 0) is 25.3 Å². The quantitative estimate of drug-likeness (QED) is 0.217. The number of hydrogen-bond acceptors (Lipinski definition) is 7. The van der Waals surface area contributed by atoms with Crippen molar-refractivity contribution < 1.29 is 24.1 Å². The molecular weight excluding hydrogens is 410 g/mol. The monoisotopic (exact) mass is 439 g/mol. The van der Waals surface area contributed by atoms with Gasteiger partial charge in [-0.15, -0.1) is 0 Å². The Labute approximate surface area is 178 Å². The van der Waals surface area contributed by atoms with Crippen LogP contribution in [-0.4, -0.2) is 58.2 Å². The number of unbranched alkanes of at least 4 members (excludes halogenated alkanes) is 2. The molecule has 0 spiro atoms. The van der Waals surface area contributed by atoms with Crippen molar-refractivity contribution in [2.75, 3.05) is 19.8 Å². The van der Waals surface area contributed by atoms with Crippen LogP contribution in [0.4, 0.5) is 0 Å². The largest absolute Gasteiger partial charge is 0.479 e. The summed E-state index contributed by atoms with van der Waals surface area (Å²) in [6.45, 7) is 5.56. The number of carbonyl (C=O) groups is 1. The zero-order valence-electron chi connectivity index (χ0n) is 17.9. The third-order valence-corrected chi connectivity index (χ3v) is 5.11. The summed E-state index contributed by atoms with van der Waals surface area (Å²) >= 11 is 0. The van der Waals surface area contributed by atoms with Crippen LogP contribution in [-0.2, 0) is 19.0 Å². The standard InChI is InChI=1S/C19H29N5O7/c1-4-6-8-29-11-19(17(26)27)14(30-9-7-5-2)13(22-23-20)16(31-19)24-10-12(3)15(25)21-18(24)28/h10,13-14,16H,4-9,11H2,1-3H3,(H,26,27)(H,21,25,28)/t13-,14?,16+,19+/m0/s1. The predicted molar refractivity (Wildman–Crippen MR) is 110 cm³/mol. The molecule has 1 unspecified atom stereocenters. The summed E-state index contributed by atoms with van der Waals surface area (Å²) in [4.78, 5) is 41.6. The number of nitrogens with one attached hydrogen (secondary N) is 1. The van der Waals surface area contributed by atoms with Gasteiger partial charge >= 0.3 is 11.7 Å². The molecule has 0 radical (unpaired) electrons. The molecule has 1 aliphatic heterocycles. The molecule has 0 aromatic carbocycles. The van der Waals surface area contributed by atoms with Crippen LogP contribution >= 0.6 is 0 Å². The number of hydrogen-bond donors (Lipinski definition) is 2. The van der Waals surface area contributed by atoms with E-state index in [9.17, 15) is 19.5 Å². The van der Waals surface area contributed by atoms with E-state index in [-0.39, 0.29) is 18.8 Å². The van der Waals surface area contributed by atoms with Crippen molar-refractivity contribution in [3.63, 3.8) is 0 Å². The molecule has 2 N–H and O–H groups in total. The molecule has 2 rings (SSSR count). The number of carboxylic acids is 1. The van der Waals surface area contributed by atoms with Gasteiger partial charge in [-0.25, -0.2) is 9.59 Å². The van der Waals surface area contributed by atoms with E-state index in [1.165, 1.54) is 13.1 Å². The highest BCUT2D eigenvalue weighted by Crippen LogP contribution is 2.41. The average molecular weight is 439 g/mol. The lowest BCUT2D eigenvalue weighted by Gasteiger charge is -2.30. The van der Waals surface area contributed by atoms with Crippen LogP contribution in [0, 0.1) is 6.92 Å². The second-order valence-electron chi connectivity index (χ2n) is 7.43. The molecule has 1 aromatic rings.